The van der Waals surface area contributed by atoms with E-state index in [9.17, 15) is 4.39 Å². The first-order chi connectivity index (χ1) is 8.25. The number of hydrogen-bond acceptors (Lipinski definition) is 3. The average molecular weight is 238 g/mol. The van der Waals surface area contributed by atoms with Gasteiger partial charge in [-0.25, -0.2) is 4.39 Å². The fourth-order valence-corrected chi connectivity index (χ4v) is 2.00. The van der Waals surface area contributed by atoms with Gasteiger partial charge in [-0.05, 0) is 24.6 Å². The Bertz CT molecular complexity index is 353. The molecule has 1 heterocycles. The Hall–Kier alpha value is -1.13. The number of morpholine rings is 1. The fourth-order valence-electron chi connectivity index (χ4n) is 2.00. The van der Waals surface area contributed by atoms with Gasteiger partial charge in [0.15, 0.2) is 0 Å². The molecule has 0 aromatic heterocycles. The molecule has 17 heavy (non-hydrogen) atoms. The summed E-state index contributed by atoms with van der Waals surface area (Å²) in [6.07, 6.45) is 1.01. The molecule has 1 fully saturated rings. The van der Waals surface area contributed by atoms with Crippen LogP contribution in [0.25, 0.3) is 0 Å². The minimum Gasteiger partial charge on any atom is -0.379 e. The van der Waals surface area contributed by atoms with Crippen LogP contribution in [0.15, 0.2) is 24.3 Å². The number of ether oxygens (including phenoxy) is 1. The van der Waals surface area contributed by atoms with Gasteiger partial charge in [-0.1, -0.05) is 6.07 Å². The summed E-state index contributed by atoms with van der Waals surface area (Å²) < 4.78 is 18.5. The minimum absolute atomic E-state index is 0.187. The molecule has 0 saturated carbocycles. The summed E-state index contributed by atoms with van der Waals surface area (Å²) in [6, 6.07) is 7.11. The lowest BCUT2D eigenvalue weighted by Crippen LogP contribution is -2.42. The van der Waals surface area contributed by atoms with E-state index in [0.29, 0.717) is 6.04 Å². The third-order valence-corrected chi connectivity index (χ3v) is 3.06. The number of anilines is 1. The molecule has 2 rings (SSSR count). The summed E-state index contributed by atoms with van der Waals surface area (Å²) in [5.41, 5.74) is 0.918. The van der Waals surface area contributed by atoms with Crippen molar-refractivity contribution in [3.63, 3.8) is 0 Å². The van der Waals surface area contributed by atoms with Crippen LogP contribution in [0, 0.1) is 5.82 Å². The zero-order valence-electron chi connectivity index (χ0n) is 10.2. The molecule has 1 aliphatic heterocycles. The van der Waals surface area contributed by atoms with Gasteiger partial charge < -0.3 is 15.0 Å². The van der Waals surface area contributed by atoms with E-state index in [0.717, 1.165) is 38.4 Å². The molecule has 1 N–H and O–H groups in total. The quantitative estimate of drug-likeness (QED) is 0.863. The number of halogens is 1. The molecule has 0 radical (unpaired) electrons. The molecule has 94 valence electrons. The maximum atomic E-state index is 13.1. The summed E-state index contributed by atoms with van der Waals surface area (Å²) >= 11 is 0. The summed E-state index contributed by atoms with van der Waals surface area (Å²) in [5, 5.41) is 3.41. The van der Waals surface area contributed by atoms with Crippen LogP contribution in [-0.2, 0) is 4.74 Å². The Morgan fingerprint density at radius 1 is 1.53 bits per heavy atom. The van der Waals surface area contributed by atoms with Crippen molar-refractivity contribution in [2.45, 2.75) is 12.5 Å². The molecule has 1 aromatic carbocycles. The predicted octanol–water partition coefficient (Wildman–Crippen LogP) is 1.64. The molecular formula is C13H19FN2O. The van der Waals surface area contributed by atoms with Gasteiger partial charge in [-0.15, -0.1) is 0 Å². The molecular weight excluding hydrogens is 219 g/mol. The van der Waals surface area contributed by atoms with E-state index < -0.39 is 0 Å². The van der Waals surface area contributed by atoms with Crippen LogP contribution in [0.4, 0.5) is 10.1 Å². The Balaban J connectivity index is 1.82. The second-order valence-electron chi connectivity index (χ2n) is 4.42. The first kappa shape index (κ1) is 12.3. The van der Waals surface area contributed by atoms with E-state index >= 15 is 0 Å². The van der Waals surface area contributed by atoms with E-state index in [1.165, 1.54) is 6.07 Å². The fraction of sp³-hybridized carbons (Fsp3) is 0.538. The second kappa shape index (κ2) is 5.98. The van der Waals surface area contributed by atoms with Crippen molar-refractivity contribution in [2.75, 3.05) is 38.3 Å². The lowest BCUT2D eigenvalue weighted by Gasteiger charge is -2.27. The highest BCUT2D eigenvalue weighted by atomic mass is 19.1. The van der Waals surface area contributed by atoms with Crippen LogP contribution in [0.3, 0.4) is 0 Å². The highest BCUT2D eigenvalue weighted by Crippen LogP contribution is 2.14. The minimum atomic E-state index is -0.187. The number of hydrogen-bond donors (Lipinski definition) is 1. The third-order valence-electron chi connectivity index (χ3n) is 3.06. The molecule has 1 atom stereocenters. The van der Waals surface area contributed by atoms with Crippen molar-refractivity contribution in [3.05, 3.63) is 30.1 Å². The van der Waals surface area contributed by atoms with E-state index in [1.807, 2.05) is 13.1 Å². The molecule has 3 nitrogen and oxygen atoms in total. The van der Waals surface area contributed by atoms with Crippen LogP contribution in [0.5, 0.6) is 0 Å². The zero-order chi connectivity index (χ0) is 12.1. The molecule has 0 aliphatic carbocycles. The Labute approximate surface area is 102 Å². The first-order valence-electron chi connectivity index (χ1n) is 6.03. The van der Waals surface area contributed by atoms with Crippen LogP contribution in [-0.4, -0.2) is 39.4 Å². The number of benzene rings is 1. The largest absolute Gasteiger partial charge is 0.379 e. The van der Waals surface area contributed by atoms with Gasteiger partial charge in [0, 0.05) is 31.9 Å². The van der Waals surface area contributed by atoms with Gasteiger partial charge in [0.05, 0.1) is 13.2 Å². The third kappa shape index (κ3) is 3.68. The highest BCUT2D eigenvalue weighted by Gasteiger charge is 2.13. The standard InChI is InChI=1S/C13H19FN2O/c1-16(13-4-2-3-11(14)9-13)7-5-12-10-17-8-6-15-12/h2-4,9,12,15H,5-8,10H2,1H3. The number of nitrogens with one attached hydrogen (secondary N) is 1. The summed E-state index contributed by atoms with van der Waals surface area (Å²) in [4.78, 5) is 2.07. The van der Waals surface area contributed by atoms with Crippen LogP contribution < -0.4 is 10.2 Å². The van der Waals surface area contributed by atoms with Gasteiger partial charge >= 0.3 is 0 Å². The van der Waals surface area contributed by atoms with E-state index in [4.69, 9.17) is 4.74 Å². The van der Waals surface area contributed by atoms with Crippen LogP contribution in [0.1, 0.15) is 6.42 Å². The molecule has 1 aliphatic rings. The topological polar surface area (TPSA) is 24.5 Å². The van der Waals surface area contributed by atoms with Gasteiger partial charge in [-0.2, -0.15) is 0 Å². The summed E-state index contributed by atoms with van der Waals surface area (Å²) in [5.74, 6) is -0.187. The average Bonchev–Trinajstić information content (AvgIpc) is 2.37. The normalized spacial score (nSPS) is 20.2. The van der Waals surface area contributed by atoms with Crippen molar-refractivity contribution in [3.8, 4) is 0 Å². The van der Waals surface area contributed by atoms with Gasteiger partial charge in [0.25, 0.3) is 0 Å². The Morgan fingerprint density at radius 3 is 3.12 bits per heavy atom. The maximum Gasteiger partial charge on any atom is 0.125 e. The lowest BCUT2D eigenvalue weighted by molar-refractivity contribution is 0.0749. The Morgan fingerprint density at radius 2 is 2.41 bits per heavy atom. The van der Waals surface area contributed by atoms with Crippen LogP contribution >= 0.6 is 0 Å². The molecule has 0 bridgehead atoms. The van der Waals surface area contributed by atoms with E-state index in [2.05, 4.69) is 10.2 Å². The van der Waals surface area contributed by atoms with Gasteiger partial charge in [-0.3, -0.25) is 0 Å². The molecule has 0 amide bonds. The van der Waals surface area contributed by atoms with E-state index in [-0.39, 0.29) is 5.82 Å². The predicted molar refractivity (Wildman–Crippen MR) is 66.9 cm³/mol. The van der Waals surface area contributed by atoms with E-state index in [1.54, 1.807) is 12.1 Å². The van der Waals surface area contributed by atoms with Crippen molar-refractivity contribution >= 4 is 5.69 Å². The van der Waals surface area contributed by atoms with Crippen molar-refractivity contribution in [2.24, 2.45) is 0 Å². The second-order valence-corrected chi connectivity index (χ2v) is 4.42. The van der Waals surface area contributed by atoms with Crippen molar-refractivity contribution < 1.29 is 9.13 Å². The van der Waals surface area contributed by atoms with Gasteiger partial charge in [0.2, 0.25) is 0 Å². The number of rotatable bonds is 4. The smallest absolute Gasteiger partial charge is 0.125 e. The molecule has 4 heteroatoms. The molecule has 0 spiro atoms. The lowest BCUT2D eigenvalue weighted by atomic mass is 10.2. The molecule has 1 saturated heterocycles. The molecule has 1 unspecified atom stereocenters. The highest BCUT2D eigenvalue weighted by molar-refractivity contribution is 5.45. The SMILES string of the molecule is CN(CCC1COCCN1)c1cccc(F)c1. The van der Waals surface area contributed by atoms with Gasteiger partial charge in [0.1, 0.15) is 5.82 Å². The maximum absolute atomic E-state index is 13.1. The van der Waals surface area contributed by atoms with Crippen molar-refractivity contribution in [1.82, 2.24) is 5.32 Å². The monoisotopic (exact) mass is 238 g/mol. The summed E-state index contributed by atoms with van der Waals surface area (Å²) in [7, 11) is 1.98. The van der Waals surface area contributed by atoms with Crippen molar-refractivity contribution in [1.29, 1.82) is 0 Å². The van der Waals surface area contributed by atoms with Crippen LogP contribution in [0.2, 0.25) is 0 Å². The number of nitrogens with zero attached hydrogens (tertiary/aromatic N) is 1. The Kier molecular flexibility index (Phi) is 4.34. The molecule has 1 aromatic rings. The first-order valence-corrected chi connectivity index (χ1v) is 6.03. The zero-order valence-corrected chi connectivity index (χ0v) is 10.2. The summed E-state index contributed by atoms with van der Waals surface area (Å²) in [6.45, 7) is 3.39.